The first kappa shape index (κ1) is 43.6. The number of rotatable bonds is 8. The number of Topliss-reactive ketones (excluding diaryl/α,β-unsaturated/α-hetero) is 1. The minimum Gasteiger partial charge on any atom is -0.455 e. The van der Waals surface area contributed by atoms with Gasteiger partial charge in [-0.2, -0.15) is 0 Å². The van der Waals surface area contributed by atoms with E-state index in [9.17, 15) is 19.5 Å². The number of alkyl halides is 1. The van der Waals surface area contributed by atoms with Crippen LogP contribution in [-0.2, 0) is 33.3 Å². The van der Waals surface area contributed by atoms with Crippen LogP contribution >= 0.6 is 0 Å². The Kier molecular flexibility index (Phi) is 13.6. The van der Waals surface area contributed by atoms with Crippen LogP contribution in [0.5, 0.6) is 0 Å². The molecule has 310 valence electrons. The molecule has 2 aromatic rings. The number of fused-ring (bicyclic) bond motifs is 2. The Balaban J connectivity index is 1.54. The molecule has 1 aromatic heterocycles. The van der Waals surface area contributed by atoms with Crippen molar-refractivity contribution in [2.24, 2.45) is 11.8 Å². The minimum atomic E-state index is -3.14. The number of carbonyl (C=O) groups is 3. The highest BCUT2D eigenvalue weighted by Crippen LogP contribution is 2.39. The molecule has 3 aliphatic rings. The number of ether oxygens (including phenoxy) is 5. The zero-order chi connectivity index (χ0) is 41.2. The number of cyclic esters (lactones) is 1. The van der Waals surface area contributed by atoms with Crippen LogP contribution in [0.25, 0.3) is 17.0 Å². The summed E-state index contributed by atoms with van der Waals surface area (Å²) in [5.41, 5.74) is -4.09. The number of halogens is 1. The highest BCUT2D eigenvalue weighted by Gasteiger charge is 2.58. The lowest BCUT2D eigenvalue weighted by molar-refractivity contribution is -0.297. The molecule has 3 unspecified atom stereocenters. The van der Waals surface area contributed by atoms with Crippen molar-refractivity contribution in [3.8, 4) is 0 Å². The Morgan fingerprint density at radius 3 is 2.52 bits per heavy atom. The Labute approximate surface area is 330 Å². The van der Waals surface area contributed by atoms with Gasteiger partial charge in [0.1, 0.15) is 12.2 Å². The van der Waals surface area contributed by atoms with E-state index in [1.807, 2.05) is 82.3 Å². The fourth-order valence-electron chi connectivity index (χ4n) is 8.68. The monoisotopic (exact) mass is 784 g/mol. The topological polar surface area (TPSA) is 158 Å². The summed E-state index contributed by atoms with van der Waals surface area (Å²) in [7, 11) is 3.71. The van der Waals surface area contributed by atoms with Gasteiger partial charge in [-0.1, -0.05) is 51.1 Å². The van der Waals surface area contributed by atoms with Gasteiger partial charge in [0.15, 0.2) is 17.7 Å². The number of aliphatic hydroxyl groups is 1. The molecule has 5 rings (SSSR count). The van der Waals surface area contributed by atoms with Gasteiger partial charge < -0.3 is 44.3 Å². The number of nitrogens with zero attached hydrogens (tertiary/aromatic N) is 2. The van der Waals surface area contributed by atoms with E-state index in [1.165, 1.54) is 6.92 Å². The fourth-order valence-corrected chi connectivity index (χ4v) is 8.68. The highest BCUT2D eigenvalue weighted by molar-refractivity contribution is 6.07. The van der Waals surface area contributed by atoms with E-state index in [0.29, 0.717) is 19.4 Å². The van der Waals surface area contributed by atoms with E-state index in [4.69, 9.17) is 23.7 Å². The molecular weight excluding hydrogens is 723 g/mol. The molecule has 1 amide bonds. The number of pyridine rings is 1. The minimum absolute atomic E-state index is 0.0718. The van der Waals surface area contributed by atoms with E-state index in [1.54, 1.807) is 27.0 Å². The number of benzene rings is 1. The average Bonchev–Trinajstić information content (AvgIpc) is 3.47. The van der Waals surface area contributed by atoms with E-state index in [2.05, 4.69) is 15.6 Å². The van der Waals surface area contributed by atoms with Gasteiger partial charge in [-0.05, 0) is 98.1 Å². The van der Waals surface area contributed by atoms with Crippen molar-refractivity contribution in [1.82, 2.24) is 20.5 Å². The quantitative estimate of drug-likeness (QED) is 0.244. The smallest absolute Gasteiger partial charge is 0.408 e. The van der Waals surface area contributed by atoms with Gasteiger partial charge in [0, 0.05) is 29.6 Å². The molecule has 4 heterocycles. The van der Waals surface area contributed by atoms with Crippen molar-refractivity contribution in [3.63, 3.8) is 0 Å². The lowest BCUT2D eigenvalue weighted by atomic mass is 9.77. The number of hydrogen-bond acceptors (Lipinski definition) is 12. The van der Waals surface area contributed by atoms with Crippen molar-refractivity contribution in [2.75, 3.05) is 27.2 Å². The van der Waals surface area contributed by atoms with E-state index in [-0.39, 0.29) is 37.1 Å². The standard InChI is InChI=1S/C42H61FN4O9/c1-11-32-42(8)34(46-39(51)56-42)27(5)44-22-24(2)21-40(6,52-18-14-15-28-20-29-16-12-13-17-30(29)45-23-28)36(26(4)35(49)41(7,43)38(50)54-32)55-37-33(48)31(47(9)10)19-25(3)53-37/h12-17,20,23-27,31-34,36-37,44,48H,11,18-19,21-22H2,1-10H3,(H,46,51)/b15-14+/t24-,25-,26+,27-,31?,32-,33?,34-,36-,37+,40-,41?,42-/m1/s1. The summed E-state index contributed by atoms with van der Waals surface area (Å²) in [6.45, 7) is 13.9. The number of alkyl carbamates (subject to hydrolysis) is 1. The number of likely N-dealkylation sites (N-methyl/N-ethyl adjacent to an activating group) is 1. The van der Waals surface area contributed by atoms with E-state index >= 15 is 4.39 Å². The predicted octanol–water partition coefficient (Wildman–Crippen LogP) is 4.97. The number of hydrogen-bond donors (Lipinski definition) is 3. The Morgan fingerprint density at radius 2 is 1.82 bits per heavy atom. The third kappa shape index (κ3) is 9.26. The average molecular weight is 785 g/mol. The second kappa shape index (κ2) is 17.5. The fraction of sp³-hybridized carbons (Fsp3) is 0.667. The first-order valence-corrected chi connectivity index (χ1v) is 19.8. The maximum Gasteiger partial charge on any atom is 0.408 e. The summed E-state index contributed by atoms with van der Waals surface area (Å²) < 4.78 is 48.0. The lowest BCUT2D eigenvalue weighted by Gasteiger charge is -2.47. The number of carbonyl (C=O) groups excluding carboxylic acids is 3. The van der Waals surface area contributed by atoms with Crippen molar-refractivity contribution in [3.05, 3.63) is 48.2 Å². The molecule has 56 heavy (non-hydrogen) atoms. The summed E-state index contributed by atoms with van der Waals surface area (Å²) in [4.78, 5) is 47.3. The molecule has 0 bridgehead atoms. The maximum atomic E-state index is 16.9. The van der Waals surface area contributed by atoms with Gasteiger partial charge in [0.05, 0.1) is 36.0 Å². The number of aromatic nitrogens is 1. The van der Waals surface area contributed by atoms with Gasteiger partial charge in [-0.15, -0.1) is 0 Å². The summed E-state index contributed by atoms with van der Waals surface area (Å²) in [6, 6.07) is 8.46. The van der Waals surface area contributed by atoms with Crippen molar-refractivity contribution >= 4 is 34.8 Å². The highest BCUT2D eigenvalue weighted by atomic mass is 19.1. The second-order valence-electron chi connectivity index (χ2n) is 16.8. The molecule has 3 aliphatic heterocycles. The van der Waals surface area contributed by atoms with Crippen LogP contribution in [-0.4, -0.2) is 126 Å². The summed E-state index contributed by atoms with van der Waals surface area (Å²) in [5.74, 6) is -3.94. The van der Waals surface area contributed by atoms with Gasteiger partial charge in [0.25, 0.3) is 5.67 Å². The molecule has 3 saturated heterocycles. The van der Waals surface area contributed by atoms with Crippen LogP contribution in [0.2, 0.25) is 0 Å². The Bertz CT molecular complexity index is 1740. The molecule has 0 spiro atoms. The van der Waals surface area contributed by atoms with Gasteiger partial charge in [-0.3, -0.25) is 9.78 Å². The van der Waals surface area contributed by atoms with Crippen molar-refractivity contribution in [1.29, 1.82) is 0 Å². The van der Waals surface area contributed by atoms with Crippen molar-refractivity contribution < 1.29 is 47.6 Å². The van der Waals surface area contributed by atoms with Gasteiger partial charge in [0.2, 0.25) is 0 Å². The third-order valence-electron chi connectivity index (χ3n) is 11.8. The predicted molar refractivity (Wildman–Crippen MR) is 209 cm³/mol. The van der Waals surface area contributed by atoms with Crippen LogP contribution in [0.1, 0.15) is 80.2 Å². The lowest BCUT2D eigenvalue weighted by Crippen LogP contribution is -2.61. The maximum absolute atomic E-state index is 16.9. The molecular formula is C42H61FN4O9. The summed E-state index contributed by atoms with van der Waals surface area (Å²) in [5, 5.41) is 18.9. The zero-order valence-electron chi connectivity index (χ0n) is 34.4. The molecule has 1 aromatic carbocycles. The first-order valence-electron chi connectivity index (χ1n) is 19.8. The van der Waals surface area contributed by atoms with Crippen LogP contribution in [0.4, 0.5) is 9.18 Å². The van der Waals surface area contributed by atoms with Crippen molar-refractivity contribution in [2.45, 2.75) is 140 Å². The molecule has 3 N–H and O–H groups in total. The van der Waals surface area contributed by atoms with Gasteiger partial charge in [-0.25, -0.2) is 14.0 Å². The Morgan fingerprint density at radius 1 is 1.11 bits per heavy atom. The SMILES string of the molecule is CC[C@H]1OC(=O)C(C)(F)C(=O)[C@H](C)[C@@H](O[C@@H]2O[C@H](C)CC(N(C)C)C2O)[C@](C)(OC/C=C/c2cnc3ccccc3c2)C[C@@H](C)CN[C@H](C)[C@H]2NC(=O)O[C@@]21C. The first-order chi connectivity index (χ1) is 26.3. The number of nitrogens with one attached hydrogen (secondary N) is 2. The molecule has 14 heteroatoms. The number of esters is 1. The summed E-state index contributed by atoms with van der Waals surface area (Å²) in [6.07, 6.45) is 0.890. The zero-order valence-corrected chi connectivity index (χ0v) is 34.4. The van der Waals surface area contributed by atoms with E-state index in [0.717, 1.165) is 23.4 Å². The van der Waals surface area contributed by atoms with Gasteiger partial charge >= 0.3 is 12.1 Å². The van der Waals surface area contributed by atoms with Crippen LogP contribution in [0.3, 0.4) is 0 Å². The molecule has 3 fully saturated rings. The largest absolute Gasteiger partial charge is 0.455 e. The number of aliphatic hydroxyl groups excluding tert-OH is 1. The molecule has 13 atom stereocenters. The Hall–Kier alpha value is -3.53. The van der Waals surface area contributed by atoms with Crippen LogP contribution in [0.15, 0.2) is 42.6 Å². The molecule has 0 radical (unpaired) electrons. The number of amides is 1. The number of ketones is 1. The molecule has 13 nitrogen and oxygen atoms in total. The molecule has 0 aliphatic carbocycles. The van der Waals surface area contributed by atoms with Crippen LogP contribution < -0.4 is 10.6 Å². The van der Waals surface area contributed by atoms with Crippen LogP contribution in [0, 0.1) is 11.8 Å². The molecule has 0 saturated carbocycles. The van der Waals surface area contributed by atoms with E-state index < -0.39 is 71.3 Å². The summed E-state index contributed by atoms with van der Waals surface area (Å²) >= 11 is 0. The third-order valence-corrected chi connectivity index (χ3v) is 11.8. The second-order valence-corrected chi connectivity index (χ2v) is 16.8. The number of para-hydroxylation sites is 1. The normalized spacial score (nSPS) is 39.1.